The van der Waals surface area contributed by atoms with Crippen molar-refractivity contribution in [2.45, 2.75) is 13.1 Å². The summed E-state index contributed by atoms with van der Waals surface area (Å²) in [5, 5.41) is 2.73. The van der Waals surface area contributed by atoms with E-state index in [2.05, 4.69) is 5.32 Å². The van der Waals surface area contributed by atoms with Crippen molar-refractivity contribution in [3.8, 4) is 0 Å². The first-order valence-electron chi connectivity index (χ1n) is 6.92. The maximum atomic E-state index is 13.1. The molecule has 0 bridgehead atoms. The summed E-state index contributed by atoms with van der Waals surface area (Å²) in [6, 6.07) is 10.9. The number of hydrogen-bond donors (Lipinski definition) is 1. The topological polar surface area (TPSA) is 32.3 Å². The van der Waals surface area contributed by atoms with Crippen molar-refractivity contribution in [2.75, 3.05) is 14.1 Å². The lowest BCUT2D eigenvalue weighted by Crippen LogP contribution is -2.24. The van der Waals surface area contributed by atoms with E-state index in [1.807, 2.05) is 43.3 Å². The Hall–Kier alpha value is -2.27. The average molecular weight is 304 g/mol. The van der Waals surface area contributed by atoms with Crippen LogP contribution in [0.1, 0.15) is 21.5 Å². The Kier molecular flexibility index (Phi) is 5.22. The number of halogens is 2. The van der Waals surface area contributed by atoms with Gasteiger partial charge in [-0.1, -0.05) is 24.3 Å². The lowest BCUT2D eigenvalue weighted by atomic mass is 10.1. The highest BCUT2D eigenvalue weighted by molar-refractivity contribution is 5.94. The van der Waals surface area contributed by atoms with Gasteiger partial charge in [0.2, 0.25) is 0 Å². The first-order chi connectivity index (χ1) is 10.5. The molecule has 2 aromatic rings. The maximum Gasteiger partial charge on any atom is 0.251 e. The molecule has 0 fully saturated rings. The summed E-state index contributed by atoms with van der Waals surface area (Å²) in [6.45, 7) is 1.10. The van der Waals surface area contributed by atoms with Crippen molar-refractivity contribution in [2.24, 2.45) is 0 Å². The number of benzene rings is 2. The molecule has 0 saturated carbocycles. The minimum absolute atomic E-state index is 0.101. The van der Waals surface area contributed by atoms with E-state index in [-0.39, 0.29) is 5.56 Å². The maximum absolute atomic E-state index is 13.1. The van der Waals surface area contributed by atoms with E-state index in [1.165, 1.54) is 6.07 Å². The summed E-state index contributed by atoms with van der Waals surface area (Å²) in [5.74, 6) is -2.42. The third kappa shape index (κ3) is 4.11. The second-order valence-electron chi connectivity index (χ2n) is 5.32. The van der Waals surface area contributed by atoms with Gasteiger partial charge in [-0.2, -0.15) is 0 Å². The van der Waals surface area contributed by atoms with Crippen LogP contribution in [-0.4, -0.2) is 24.9 Å². The van der Waals surface area contributed by atoms with Crippen LogP contribution in [0.25, 0.3) is 0 Å². The third-order valence-electron chi connectivity index (χ3n) is 3.23. The molecule has 0 saturated heterocycles. The SMILES string of the molecule is CN(C)Cc1ccccc1CNC(=O)c1ccc(F)c(F)c1. The molecule has 22 heavy (non-hydrogen) atoms. The third-order valence-corrected chi connectivity index (χ3v) is 3.23. The Labute approximate surface area is 128 Å². The van der Waals surface area contributed by atoms with E-state index >= 15 is 0 Å². The van der Waals surface area contributed by atoms with Gasteiger partial charge in [-0.05, 0) is 43.4 Å². The van der Waals surface area contributed by atoms with Crippen LogP contribution in [0.4, 0.5) is 8.78 Å². The standard InChI is InChI=1S/C17H18F2N2O/c1-21(2)11-14-6-4-3-5-13(14)10-20-17(22)12-7-8-15(18)16(19)9-12/h3-9H,10-11H2,1-2H3,(H,20,22). The second-order valence-corrected chi connectivity index (χ2v) is 5.32. The summed E-state index contributed by atoms with van der Waals surface area (Å²) in [7, 11) is 3.94. The second kappa shape index (κ2) is 7.13. The quantitative estimate of drug-likeness (QED) is 0.921. The first-order valence-corrected chi connectivity index (χ1v) is 6.92. The molecule has 0 atom stereocenters. The van der Waals surface area contributed by atoms with Gasteiger partial charge in [-0.3, -0.25) is 4.79 Å². The number of amides is 1. The lowest BCUT2D eigenvalue weighted by Gasteiger charge is -2.14. The van der Waals surface area contributed by atoms with Gasteiger partial charge >= 0.3 is 0 Å². The number of carbonyl (C=O) groups is 1. The zero-order valence-electron chi connectivity index (χ0n) is 12.6. The fraction of sp³-hybridized carbons (Fsp3) is 0.235. The van der Waals surface area contributed by atoms with Crippen molar-refractivity contribution < 1.29 is 13.6 Å². The molecule has 0 unspecified atom stereocenters. The highest BCUT2D eigenvalue weighted by atomic mass is 19.2. The fourth-order valence-corrected chi connectivity index (χ4v) is 2.14. The van der Waals surface area contributed by atoms with E-state index in [9.17, 15) is 13.6 Å². The number of hydrogen-bond acceptors (Lipinski definition) is 2. The molecule has 1 N–H and O–H groups in total. The van der Waals surface area contributed by atoms with E-state index in [0.29, 0.717) is 6.54 Å². The first kappa shape index (κ1) is 16.1. The zero-order valence-corrected chi connectivity index (χ0v) is 12.6. The van der Waals surface area contributed by atoms with Gasteiger partial charge in [0, 0.05) is 18.7 Å². The van der Waals surface area contributed by atoms with Gasteiger partial charge in [-0.25, -0.2) is 8.78 Å². The van der Waals surface area contributed by atoms with Crippen molar-refractivity contribution in [1.29, 1.82) is 0 Å². The zero-order chi connectivity index (χ0) is 16.1. The lowest BCUT2D eigenvalue weighted by molar-refractivity contribution is 0.0950. The molecule has 0 heterocycles. The summed E-state index contributed by atoms with van der Waals surface area (Å²) in [6.07, 6.45) is 0. The summed E-state index contributed by atoms with van der Waals surface area (Å²) < 4.78 is 26.0. The van der Waals surface area contributed by atoms with Gasteiger partial charge in [0.25, 0.3) is 5.91 Å². The minimum atomic E-state index is -1.03. The predicted octanol–water partition coefficient (Wildman–Crippen LogP) is 2.96. The Balaban J connectivity index is 2.06. The van der Waals surface area contributed by atoms with Gasteiger partial charge in [0.1, 0.15) is 0 Å². The fourth-order valence-electron chi connectivity index (χ4n) is 2.14. The average Bonchev–Trinajstić information content (AvgIpc) is 2.48. The minimum Gasteiger partial charge on any atom is -0.348 e. The van der Waals surface area contributed by atoms with Gasteiger partial charge in [0.15, 0.2) is 11.6 Å². The van der Waals surface area contributed by atoms with Crippen LogP contribution in [0.5, 0.6) is 0 Å². The van der Waals surface area contributed by atoms with E-state index in [0.717, 1.165) is 29.8 Å². The molecule has 5 heteroatoms. The van der Waals surface area contributed by atoms with Crippen molar-refractivity contribution in [3.63, 3.8) is 0 Å². The van der Waals surface area contributed by atoms with Crippen molar-refractivity contribution in [1.82, 2.24) is 10.2 Å². The molecule has 0 aliphatic rings. The number of carbonyl (C=O) groups excluding carboxylic acids is 1. The number of nitrogens with one attached hydrogen (secondary N) is 1. The van der Waals surface area contributed by atoms with Gasteiger partial charge < -0.3 is 10.2 Å². The molecular formula is C17H18F2N2O. The summed E-state index contributed by atoms with van der Waals surface area (Å²) in [4.78, 5) is 14.0. The molecule has 0 spiro atoms. The summed E-state index contributed by atoms with van der Waals surface area (Å²) >= 11 is 0. The van der Waals surface area contributed by atoms with Crippen molar-refractivity contribution in [3.05, 3.63) is 70.8 Å². The molecular weight excluding hydrogens is 286 g/mol. The smallest absolute Gasteiger partial charge is 0.251 e. The van der Waals surface area contributed by atoms with E-state index < -0.39 is 17.5 Å². The Bertz CT molecular complexity index is 671. The molecule has 3 nitrogen and oxygen atoms in total. The molecule has 0 aromatic heterocycles. The molecule has 116 valence electrons. The molecule has 1 amide bonds. The van der Waals surface area contributed by atoms with Crippen LogP contribution in [-0.2, 0) is 13.1 Å². The Morgan fingerprint density at radius 2 is 1.73 bits per heavy atom. The predicted molar refractivity (Wildman–Crippen MR) is 81.4 cm³/mol. The van der Waals surface area contributed by atoms with Crippen molar-refractivity contribution >= 4 is 5.91 Å². The number of nitrogens with zero attached hydrogens (tertiary/aromatic N) is 1. The van der Waals surface area contributed by atoms with Crippen LogP contribution in [0.2, 0.25) is 0 Å². The molecule has 2 rings (SSSR count). The van der Waals surface area contributed by atoms with Crippen LogP contribution in [0, 0.1) is 11.6 Å². The normalized spacial score (nSPS) is 10.8. The van der Waals surface area contributed by atoms with E-state index in [4.69, 9.17) is 0 Å². The van der Waals surface area contributed by atoms with Crippen LogP contribution >= 0.6 is 0 Å². The highest BCUT2D eigenvalue weighted by Crippen LogP contribution is 2.12. The van der Waals surface area contributed by atoms with E-state index in [1.54, 1.807) is 0 Å². The summed E-state index contributed by atoms with van der Waals surface area (Å²) in [5.41, 5.74) is 2.20. The van der Waals surface area contributed by atoms with Gasteiger partial charge in [-0.15, -0.1) is 0 Å². The largest absolute Gasteiger partial charge is 0.348 e. The Morgan fingerprint density at radius 1 is 1.05 bits per heavy atom. The van der Waals surface area contributed by atoms with Crippen LogP contribution in [0.3, 0.4) is 0 Å². The molecule has 2 aromatic carbocycles. The highest BCUT2D eigenvalue weighted by Gasteiger charge is 2.10. The molecule has 0 aliphatic heterocycles. The van der Waals surface area contributed by atoms with Gasteiger partial charge in [0.05, 0.1) is 0 Å². The molecule has 0 aliphatic carbocycles. The van der Waals surface area contributed by atoms with Crippen LogP contribution < -0.4 is 5.32 Å². The number of rotatable bonds is 5. The monoisotopic (exact) mass is 304 g/mol. The Morgan fingerprint density at radius 3 is 2.36 bits per heavy atom. The van der Waals surface area contributed by atoms with Crippen LogP contribution in [0.15, 0.2) is 42.5 Å². The molecule has 0 radical (unpaired) electrons.